The van der Waals surface area contributed by atoms with Crippen LogP contribution in [0.3, 0.4) is 0 Å². The lowest BCUT2D eigenvalue weighted by molar-refractivity contribution is -0.127. The van der Waals surface area contributed by atoms with Gasteiger partial charge in [0.15, 0.2) is 0 Å². The first-order chi connectivity index (χ1) is 20.1. The SMILES string of the molecule is CCOc1ccccc1[C@H](C(=O)NCc1ccccc1)N(C(=O)Cn1nnc2ccccc21)c1ccccc1OC. The predicted octanol–water partition coefficient (Wildman–Crippen LogP) is 4.93. The zero-order valence-corrected chi connectivity index (χ0v) is 22.9. The summed E-state index contributed by atoms with van der Waals surface area (Å²) >= 11 is 0. The molecule has 4 aromatic carbocycles. The van der Waals surface area contributed by atoms with Crippen LogP contribution in [0.15, 0.2) is 103 Å². The molecular formula is C32H31N5O4. The molecule has 5 rings (SSSR count). The minimum atomic E-state index is -1.08. The highest BCUT2D eigenvalue weighted by molar-refractivity contribution is 6.03. The zero-order chi connectivity index (χ0) is 28.6. The number of benzene rings is 4. The maximum Gasteiger partial charge on any atom is 0.249 e. The van der Waals surface area contributed by atoms with Crippen molar-refractivity contribution in [3.8, 4) is 11.5 Å². The summed E-state index contributed by atoms with van der Waals surface area (Å²) < 4.78 is 13.1. The normalized spacial score (nSPS) is 11.6. The molecule has 0 fully saturated rings. The van der Waals surface area contributed by atoms with E-state index in [1.807, 2.05) is 79.7 Å². The van der Waals surface area contributed by atoms with Gasteiger partial charge in [0.25, 0.3) is 0 Å². The number of ether oxygens (including phenoxy) is 2. The molecule has 5 aromatic rings. The molecule has 0 aliphatic carbocycles. The van der Waals surface area contributed by atoms with Gasteiger partial charge in [0.1, 0.15) is 29.6 Å². The fourth-order valence-corrected chi connectivity index (χ4v) is 4.76. The molecule has 0 unspecified atom stereocenters. The molecule has 9 nitrogen and oxygen atoms in total. The van der Waals surface area contributed by atoms with Crippen LogP contribution in [0.2, 0.25) is 0 Å². The van der Waals surface area contributed by atoms with Crippen molar-refractivity contribution in [1.29, 1.82) is 0 Å². The first-order valence-corrected chi connectivity index (χ1v) is 13.4. The molecule has 0 aliphatic heterocycles. The van der Waals surface area contributed by atoms with Crippen molar-refractivity contribution in [1.82, 2.24) is 20.3 Å². The van der Waals surface area contributed by atoms with E-state index in [2.05, 4.69) is 15.6 Å². The highest BCUT2D eigenvalue weighted by atomic mass is 16.5. The Labute approximate surface area is 238 Å². The molecule has 208 valence electrons. The fraction of sp³-hybridized carbons (Fsp3) is 0.188. The largest absolute Gasteiger partial charge is 0.495 e. The van der Waals surface area contributed by atoms with E-state index in [0.29, 0.717) is 40.4 Å². The number of nitrogens with zero attached hydrogens (tertiary/aromatic N) is 4. The summed E-state index contributed by atoms with van der Waals surface area (Å²) in [5.74, 6) is 0.202. The number of hydrogen-bond donors (Lipinski definition) is 1. The molecule has 0 spiro atoms. The highest BCUT2D eigenvalue weighted by Crippen LogP contribution is 2.38. The van der Waals surface area contributed by atoms with Crippen LogP contribution in [0.4, 0.5) is 5.69 Å². The minimum Gasteiger partial charge on any atom is -0.495 e. The van der Waals surface area contributed by atoms with Crippen molar-refractivity contribution in [3.05, 3.63) is 114 Å². The van der Waals surface area contributed by atoms with Crippen molar-refractivity contribution in [2.24, 2.45) is 0 Å². The van der Waals surface area contributed by atoms with Crippen LogP contribution >= 0.6 is 0 Å². The number of aromatic nitrogens is 3. The van der Waals surface area contributed by atoms with Crippen molar-refractivity contribution in [2.45, 2.75) is 26.1 Å². The molecule has 0 saturated heterocycles. The number of fused-ring (bicyclic) bond motifs is 1. The molecule has 0 bridgehead atoms. The Kier molecular flexibility index (Phi) is 8.54. The van der Waals surface area contributed by atoms with E-state index >= 15 is 0 Å². The first-order valence-electron chi connectivity index (χ1n) is 13.4. The molecule has 0 aliphatic rings. The average Bonchev–Trinajstić information content (AvgIpc) is 3.42. The number of amides is 2. The summed E-state index contributed by atoms with van der Waals surface area (Å²) in [6.07, 6.45) is 0. The quantitative estimate of drug-likeness (QED) is 0.251. The number of carbonyl (C=O) groups excluding carboxylic acids is 2. The Hall–Kier alpha value is -5.18. The van der Waals surface area contributed by atoms with Gasteiger partial charge in [-0.2, -0.15) is 0 Å². The van der Waals surface area contributed by atoms with E-state index in [1.54, 1.807) is 30.3 Å². The predicted molar refractivity (Wildman–Crippen MR) is 157 cm³/mol. The van der Waals surface area contributed by atoms with E-state index in [4.69, 9.17) is 9.47 Å². The zero-order valence-electron chi connectivity index (χ0n) is 22.9. The summed E-state index contributed by atoms with van der Waals surface area (Å²) in [6.45, 7) is 2.40. The molecule has 1 atom stereocenters. The third kappa shape index (κ3) is 6.04. The van der Waals surface area contributed by atoms with Gasteiger partial charge < -0.3 is 14.8 Å². The Bertz CT molecular complexity index is 1640. The topological polar surface area (TPSA) is 98.6 Å². The number of methoxy groups -OCH3 is 1. The summed E-state index contributed by atoms with van der Waals surface area (Å²) in [5, 5.41) is 11.4. The first kappa shape index (κ1) is 27.4. The monoisotopic (exact) mass is 549 g/mol. The number of anilines is 1. The second-order valence-electron chi connectivity index (χ2n) is 9.25. The molecular weight excluding hydrogens is 518 g/mol. The lowest BCUT2D eigenvalue weighted by Crippen LogP contribution is -2.45. The molecule has 41 heavy (non-hydrogen) atoms. The van der Waals surface area contributed by atoms with Gasteiger partial charge in [-0.3, -0.25) is 14.5 Å². The van der Waals surface area contributed by atoms with Crippen molar-refractivity contribution in [2.75, 3.05) is 18.6 Å². The van der Waals surface area contributed by atoms with Crippen LogP contribution in [0.25, 0.3) is 11.0 Å². The minimum absolute atomic E-state index is 0.155. The summed E-state index contributed by atoms with van der Waals surface area (Å²) in [5.41, 5.74) is 3.30. The van der Waals surface area contributed by atoms with Crippen molar-refractivity contribution < 1.29 is 19.1 Å². The van der Waals surface area contributed by atoms with Crippen LogP contribution in [0.5, 0.6) is 11.5 Å². The van der Waals surface area contributed by atoms with Gasteiger partial charge in [-0.05, 0) is 42.8 Å². The smallest absolute Gasteiger partial charge is 0.249 e. The lowest BCUT2D eigenvalue weighted by atomic mass is 10.0. The standard InChI is InChI=1S/C32H31N5O4/c1-3-41-28-19-11-7-15-24(28)31(32(39)33-21-23-13-5-4-6-14-23)37(27-18-10-12-20-29(27)40-2)30(38)22-36-26-17-9-8-16-25(26)34-35-36/h4-20,31H,3,21-22H2,1-2H3,(H,33,39)/t31-/m1/s1. The number of nitrogens with one attached hydrogen (secondary N) is 1. The van der Waals surface area contributed by atoms with Crippen LogP contribution < -0.4 is 19.7 Å². The van der Waals surface area contributed by atoms with E-state index in [1.165, 1.54) is 16.7 Å². The molecule has 0 saturated carbocycles. The Balaban J connectivity index is 1.62. The summed E-state index contributed by atoms with van der Waals surface area (Å²) in [6, 6.07) is 30.3. The highest BCUT2D eigenvalue weighted by Gasteiger charge is 2.36. The van der Waals surface area contributed by atoms with E-state index in [0.717, 1.165) is 5.56 Å². The van der Waals surface area contributed by atoms with E-state index in [-0.39, 0.29) is 24.9 Å². The molecule has 1 heterocycles. The Morgan fingerprint density at radius 1 is 0.878 bits per heavy atom. The van der Waals surface area contributed by atoms with E-state index < -0.39 is 6.04 Å². The maximum atomic E-state index is 14.3. The number of para-hydroxylation sites is 4. The van der Waals surface area contributed by atoms with Crippen LogP contribution in [0, 0.1) is 0 Å². The second kappa shape index (κ2) is 12.8. The number of carbonyl (C=O) groups is 2. The van der Waals surface area contributed by atoms with Crippen LogP contribution in [-0.4, -0.2) is 40.5 Å². The second-order valence-corrected chi connectivity index (χ2v) is 9.25. The van der Waals surface area contributed by atoms with Crippen LogP contribution in [0.1, 0.15) is 24.1 Å². The number of rotatable bonds is 11. The van der Waals surface area contributed by atoms with E-state index in [9.17, 15) is 9.59 Å². The van der Waals surface area contributed by atoms with Gasteiger partial charge in [0.05, 0.1) is 24.9 Å². The molecule has 2 amide bonds. The Morgan fingerprint density at radius 2 is 1.56 bits per heavy atom. The molecule has 1 N–H and O–H groups in total. The van der Waals surface area contributed by atoms with Gasteiger partial charge in [-0.15, -0.1) is 5.10 Å². The van der Waals surface area contributed by atoms with Crippen molar-refractivity contribution in [3.63, 3.8) is 0 Å². The summed E-state index contributed by atoms with van der Waals surface area (Å²) in [7, 11) is 1.53. The van der Waals surface area contributed by atoms with Gasteiger partial charge in [-0.1, -0.05) is 78.0 Å². The summed E-state index contributed by atoms with van der Waals surface area (Å²) in [4.78, 5) is 30.0. The lowest BCUT2D eigenvalue weighted by Gasteiger charge is -2.33. The molecule has 9 heteroatoms. The van der Waals surface area contributed by atoms with Crippen molar-refractivity contribution >= 4 is 28.5 Å². The maximum absolute atomic E-state index is 14.3. The third-order valence-corrected chi connectivity index (χ3v) is 6.65. The van der Waals surface area contributed by atoms with Gasteiger partial charge in [-0.25, -0.2) is 4.68 Å². The molecule has 0 radical (unpaired) electrons. The Morgan fingerprint density at radius 3 is 2.34 bits per heavy atom. The van der Waals surface area contributed by atoms with Crippen LogP contribution in [-0.2, 0) is 22.7 Å². The van der Waals surface area contributed by atoms with Gasteiger partial charge >= 0.3 is 0 Å². The van der Waals surface area contributed by atoms with Gasteiger partial charge in [0, 0.05) is 12.1 Å². The number of hydrogen-bond acceptors (Lipinski definition) is 6. The van der Waals surface area contributed by atoms with Gasteiger partial charge in [0.2, 0.25) is 11.8 Å². The fourth-order valence-electron chi connectivity index (χ4n) is 4.76. The average molecular weight is 550 g/mol. The molecule has 1 aromatic heterocycles. The third-order valence-electron chi connectivity index (χ3n) is 6.65.